The maximum atomic E-state index is 2.47. The Morgan fingerprint density at radius 3 is 1.26 bits per heavy atom. The van der Waals surface area contributed by atoms with Crippen molar-refractivity contribution in [3.63, 3.8) is 0 Å². The lowest BCUT2D eigenvalue weighted by Gasteiger charge is -2.15. The molecular formula is C48H32N2. The monoisotopic (exact) mass is 636 g/mol. The molecule has 10 aromatic rings. The SMILES string of the molecule is c1ccc(-c2ccc(-c3cccc(-n4c5ccccc5c5cccc(-c6cccc7c8ccccc8n(-c8ccccc8)c67)c54)c3)cc2)cc1. The molecular weight excluding hydrogens is 605 g/mol. The molecule has 50 heavy (non-hydrogen) atoms. The molecule has 234 valence electrons. The topological polar surface area (TPSA) is 9.86 Å². The fraction of sp³-hybridized carbons (Fsp3) is 0. The Bertz CT molecular complexity index is 2840. The van der Waals surface area contributed by atoms with E-state index in [0.29, 0.717) is 0 Å². The lowest BCUT2D eigenvalue weighted by atomic mass is 9.98. The molecule has 10 rings (SSSR count). The van der Waals surface area contributed by atoms with E-state index in [1.54, 1.807) is 0 Å². The molecule has 0 amide bonds. The second-order valence-electron chi connectivity index (χ2n) is 12.9. The first-order chi connectivity index (χ1) is 24.8. The van der Waals surface area contributed by atoms with E-state index in [4.69, 9.17) is 0 Å². The summed E-state index contributed by atoms with van der Waals surface area (Å²) < 4.78 is 4.90. The molecule has 2 aromatic heterocycles. The Labute approximate surface area is 290 Å². The summed E-state index contributed by atoms with van der Waals surface area (Å²) in [5.41, 5.74) is 14.4. The molecule has 0 fully saturated rings. The van der Waals surface area contributed by atoms with Crippen molar-refractivity contribution < 1.29 is 0 Å². The number of hydrogen-bond donors (Lipinski definition) is 0. The van der Waals surface area contributed by atoms with Gasteiger partial charge in [0.2, 0.25) is 0 Å². The quantitative estimate of drug-likeness (QED) is 0.178. The van der Waals surface area contributed by atoms with Gasteiger partial charge in [0.25, 0.3) is 0 Å². The summed E-state index contributed by atoms with van der Waals surface area (Å²) in [7, 11) is 0. The number of nitrogens with zero attached hydrogens (tertiary/aromatic N) is 2. The second kappa shape index (κ2) is 11.5. The molecule has 0 aliphatic carbocycles. The van der Waals surface area contributed by atoms with Gasteiger partial charge in [-0.05, 0) is 58.7 Å². The molecule has 0 bridgehead atoms. The predicted molar refractivity (Wildman–Crippen MR) is 211 cm³/mol. The first kappa shape index (κ1) is 28.4. The van der Waals surface area contributed by atoms with Crippen molar-refractivity contribution in [1.82, 2.24) is 9.13 Å². The number of rotatable bonds is 5. The molecule has 0 saturated heterocycles. The highest BCUT2D eigenvalue weighted by Gasteiger charge is 2.21. The molecule has 2 heterocycles. The predicted octanol–water partition coefficient (Wildman–Crippen LogP) is 12.9. The van der Waals surface area contributed by atoms with Crippen LogP contribution in [0, 0.1) is 0 Å². The van der Waals surface area contributed by atoms with Gasteiger partial charge in [-0.2, -0.15) is 0 Å². The van der Waals surface area contributed by atoms with Crippen molar-refractivity contribution in [2.75, 3.05) is 0 Å². The van der Waals surface area contributed by atoms with Crippen molar-refractivity contribution in [3.05, 3.63) is 194 Å². The maximum absolute atomic E-state index is 2.47. The molecule has 8 aromatic carbocycles. The summed E-state index contributed by atoms with van der Waals surface area (Å²) in [6.45, 7) is 0. The molecule has 0 aliphatic rings. The van der Waals surface area contributed by atoms with Crippen LogP contribution in [0.5, 0.6) is 0 Å². The minimum Gasteiger partial charge on any atom is -0.309 e. The highest BCUT2D eigenvalue weighted by molar-refractivity contribution is 6.19. The van der Waals surface area contributed by atoms with Crippen molar-refractivity contribution in [3.8, 4) is 44.8 Å². The second-order valence-corrected chi connectivity index (χ2v) is 12.9. The van der Waals surface area contributed by atoms with Crippen molar-refractivity contribution in [1.29, 1.82) is 0 Å². The summed E-state index contributed by atoms with van der Waals surface area (Å²) >= 11 is 0. The largest absolute Gasteiger partial charge is 0.309 e. The third kappa shape index (κ3) is 4.43. The molecule has 0 N–H and O–H groups in total. The Balaban J connectivity index is 1.23. The molecule has 0 saturated carbocycles. The summed E-state index contributed by atoms with van der Waals surface area (Å²) in [5, 5.41) is 5.00. The van der Waals surface area contributed by atoms with E-state index < -0.39 is 0 Å². The van der Waals surface area contributed by atoms with Crippen LogP contribution in [0.4, 0.5) is 0 Å². The van der Waals surface area contributed by atoms with Crippen LogP contribution in [0.25, 0.3) is 88.4 Å². The Morgan fingerprint density at radius 2 is 0.660 bits per heavy atom. The lowest BCUT2D eigenvalue weighted by Crippen LogP contribution is -1.98. The van der Waals surface area contributed by atoms with Crippen molar-refractivity contribution >= 4 is 43.6 Å². The first-order valence-corrected chi connectivity index (χ1v) is 17.2. The summed E-state index contributed by atoms with van der Waals surface area (Å²) in [6, 6.07) is 70.4. The molecule has 0 unspecified atom stereocenters. The van der Waals surface area contributed by atoms with Crippen LogP contribution >= 0.6 is 0 Å². The van der Waals surface area contributed by atoms with Gasteiger partial charge in [0.1, 0.15) is 0 Å². The molecule has 0 atom stereocenters. The van der Waals surface area contributed by atoms with Gasteiger partial charge in [-0.25, -0.2) is 0 Å². The van der Waals surface area contributed by atoms with Gasteiger partial charge >= 0.3 is 0 Å². The third-order valence-corrected chi connectivity index (χ3v) is 10.1. The first-order valence-electron chi connectivity index (χ1n) is 17.2. The number of fused-ring (bicyclic) bond motifs is 6. The van der Waals surface area contributed by atoms with E-state index in [2.05, 4.69) is 203 Å². The Kier molecular flexibility index (Phi) is 6.53. The van der Waals surface area contributed by atoms with E-state index in [-0.39, 0.29) is 0 Å². The van der Waals surface area contributed by atoms with Crippen LogP contribution in [-0.4, -0.2) is 9.13 Å². The third-order valence-electron chi connectivity index (χ3n) is 10.1. The molecule has 0 radical (unpaired) electrons. The highest BCUT2D eigenvalue weighted by atomic mass is 15.0. The van der Waals surface area contributed by atoms with Crippen LogP contribution in [-0.2, 0) is 0 Å². The van der Waals surface area contributed by atoms with Crippen molar-refractivity contribution in [2.45, 2.75) is 0 Å². The number of benzene rings is 8. The standard InChI is InChI=1S/C48H32N2/c1-3-14-33(15-4-1)34-28-30-35(31-29-34)36-16-11-19-38(32-36)50-46-27-10-8-21-40(46)42-23-13-25-44(48(42)50)43-24-12-22-41-39-20-7-9-26-45(39)49(47(41)43)37-17-5-2-6-18-37/h1-32H. The van der Waals surface area contributed by atoms with Gasteiger partial charge in [0.15, 0.2) is 0 Å². The molecule has 2 nitrogen and oxygen atoms in total. The fourth-order valence-corrected chi connectivity index (χ4v) is 7.90. The summed E-state index contributed by atoms with van der Waals surface area (Å²) in [5.74, 6) is 0. The zero-order valence-corrected chi connectivity index (χ0v) is 27.4. The van der Waals surface area contributed by atoms with Crippen LogP contribution in [0.2, 0.25) is 0 Å². The summed E-state index contributed by atoms with van der Waals surface area (Å²) in [6.07, 6.45) is 0. The molecule has 2 heteroatoms. The lowest BCUT2D eigenvalue weighted by molar-refractivity contribution is 1.17. The average molecular weight is 637 g/mol. The summed E-state index contributed by atoms with van der Waals surface area (Å²) in [4.78, 5) is 0. The normalized spacial score (nSPS) is 11.6. The van der Waals surface area contributed by atoms with Crippen LogP contribution in [0.3, 0.4) is 0 Å². The van der Waals surface area contributed by atoms with E-state index in [1.807, 2.05) is 0 Å². The Morgan fingerprint density at radius 1 is 0.260 bits per heavy atom. The smallest absolute Gasteiger partial charge is 0.0620 e. The van der Waals surface area contributed by atoms with Crippen LogP contribution in [0.1, 0.15) is 0 Å². The zero-order valence-electron chi connectivity index (χ0n) is 27.4. The van der Waals surface area contributed by atoms with Crippen LogP contribution < -0.4 is 0 Å². The van der Waals surface area contributed by atoms with Gasteiger partial charge in [0.05, 0.1) is 22.1 Å². The minimum absolute atomic E-state index is 1.14. The zero-order chi connectivity index (χ0) is 33.0. The van der Waals surface area contributed by atoms with Gasteiger partial charge in [-0.1, -0.05) is 158 Å². The Hall–Kier alpha value is -6.64. The number of aromatic nitrogens is 2. The van der Waals surface area contributed by atoms with E-state index in [0.717, 1.165) is 11.4 Å². The molecule has 0 spiro atoms. The van der Waals surface area contributed by atoms with E-state index in [1.165, 1.54) is 77.0 Å². The number of hydrogen-bond acceptors (Lipinski definition) is 0. The van der Waals surface area contributed by atoms with Gasteiger partial charge in [-0.3, -0.25) is 0 Å². The van der Waals surface area contributed by atoms with E-state index >= 15 is 0 Å². The van der Waals surface area contributed by atoms with E-state index in [9.17, 15) is 0 Å². The van der Waals surface area contributed by atoms with Gasteiger partial charge in [-0.15, -0.1) is 0 Å². The average Bonchev–Trinajstić information content (AvgIpc) is 3.72. The van der Waals surface area contributed by atoms with Crippen molar-refractivity contribution in [2.24, 2.45) is 0 Å². The molecule has 0 aliphatic heterocycles. The highest BCUT2D eigenvalue weighted by Crippen LogP contribution is 2.43. The maximum Gasteiger partial charge on any atom is 0.0620 e. The van der Waals surface area contributed by atoms with Crippen LogP contribution in [0.15, 0.2) is 194 Å². The number of para-hydroxylation sites is 5. The minimum atomic E-state index is 1.14. The van der Waals surface area contributed by atoms with Gasteiger partial charge < -0.3 is 9.13 Å². The fourth-order valence-electron chi connectivity index (χ4n) is 7.90. The van der Waals surface area contributed by atoms with Gasteiger partial charge in [0, 0.05) is 44.0 Å².